The summed E-state index contributed by atoms with van der Waals surface area (Å²) in [7, 11) is 2.14. The molecule has 0 saturated carbocycles. The zero-order chi connectivity index (χ0) is 16.5. The molecule has 5 nitrogen and oxygen atoms in total. The number of para-hydroxylation sites is 1. The highest BCUT2D eigenvalue weighted by Crippen LogP contribution is 2.37. The van der Waals surface area contributed by atoms with E-state index in [1.807, 2.05) is 53.6 Å². The number of likely N-dealkylation sites (N-methyl/N-ethyl adjacent to an activating group) is 1. The van der Waals surface area contributed by atoms with Gasteiger partial charge in [0.2, 0.25) is 0 Å². The molecule has 0 bridgehead atoms. The van der Waals surface area contributed by atoms with Crippen LogP contribution in [0.5, 0.6) is 0 Å². The van der Waals surface area contributed by atoms with E-state index in [-0.39, 0.29) is 5.91 Å². The van der Waals surface area contributed by atoms with E-state index < -0.39 is 0 Å². The Hall–Kier alpha value is -2.37. The van der Waals surface area contributed by atoms with Crippen molar-refractivity contribution < 1.29 is 4.79 Å². The Morgan fingerprint density at radius 1 is 1.08 bits per heavy atom. The van der Waals surface area contributed by atoms with Crippen molar-refractivity contribution in [2.75, 3.05) is 44.8 Å². The number of aromatic nitrogens is 1. The minimum absolute atomic E-state index is 0.0877. The molecule has 1 N–H and O–H groups in total. The number of rotatable bonds is 3. The molecular formula is C19H22N4O. The molecule has 3 heterocycles. The van der Waals surface area contributed by atoms with E-state index in [2.05, 4.69) is 21.8 Å². The maximum Gasteiger partial charge on any atom is 0.260 e. The van der Waals surface area contributed by atoms with E-state index in [0.717, 1.165) is 48.7 Å². The van der Waals surface area contributed by atoms with Gasteiger partial charge >= 0.3 is 0 Å². The lowest BCUT2D eigenvalue weighted by atomic mass is 10.1. The van der Waals surface area contributed by atoms with Crippen LogP contribution in [0.1, 0.15) is 11.3 Å². The molecule has 2 aromatic rings. The number of anilines is 1. The summed E-state index contributed by atoms with van der Waals surface area (Å²) in [5.74, 6) is 0.0877. The third-order valence-electron chi connectivity index (χ3n) is 4.82. The van der Waals surface area contributed by atoms with E-state index in [9.17, 15) is 4.79 Å². The Kier molecular flexibility index (Phi) is 3.96. The van der Waals surface area contributed by atoms with Gasteiger partial charge in [0.05, 0.1) is 17.9 Å². The number of nitrogens with zero attached hydrogens (tertiary/aromatic N) is 3. The highest BCUT2D eigenvalue weighted by molar-refractivity contribution is 6.35. The molecule has 1 saturated heterocycles. The molecule has 1 fully saturated rings. The van der Waals surface area contributed by atoms with Gasteiger partial charge < -0.3 is 9.88 Å². The second-order valence-electron chi connectivity index (χ2n) is 6.50. The first kappa shape index (κ1) is 15.2. The minimum atomic E-state index is 0.0877. The van der Waals surface area contributed by atoms with Gasteiger partial charge in [0, 0.05) is 43.6 Å². The maximum atomic E-state index is 13.0. The van der Waals surface area contributed by atoms with Crippen LogP contribution in [0.3, 0.4) is 0 Å². The molecule has 1 aromatic heterocycles. The number of nitrogens with one attached hydrogen (secondary N) is 1. The zero-order valence-corrected chi connectivity index (χ0v) is 13.9. The molecule has 2 aliphatic rings. The van der Waals surface area contributed by atoms with Crippen molar-refractivity contribution in [1.29, 1.82) is 0 Å². The largest absolute Gasteiger partial charge is 0.362 e. The number of H-pyrrole nitrogens is 1. The van der Waals surface area contributed by atoms with Crippen LogP contribution in [0, 0.1) is 0 Å². The SMILES string of the molecule is CN1CCN(CN2C(=O)/C(=C\c3ccc[nH]3)c3ccccc32)CC1. The standard InChI is InChI=1S/C19H22N4O/c1-21-9-11-22(12-10-21)14-23-18-7-3-2-6-16(18)17(19(23)24)13-15-5-4-8-20-15/h2-8,13,20H,9-12,14H2,1H3/b17-13-. The number of fused-ring (bicyclic) bond motifs is 1. The molecule has 2 aliphatic heterocycles. The molecule has 124 valence electrons. The van der Waals surface area contributed by atoms with Crippen LogP contribution in [0.2, 0.25) is 0 Å². The van der Waals surface area contributed by atoms with Crippen molar-refractivity contribution in [3.05, 3.63) is 53.9 Å². The lowest BCUT2D eigenvalue weighted by molar-refractivity contribution is -0.113. The van der Waals surface area contributed by atoms with E-state index in [1.165, 1.54) is 0 Å². The molecule has 0 radical (unpaired) electrons. The van der Waals surface area contributed by atoms with Gasteiger partial charge in [0.15, 0.2) is 0 Å². The maximum absolute atomic E-state index is 13.0. The average molecular weight is 322 g/mol. The van der Waals surface area contributed by atoms with Crippen molar-refractivity contribution in [2.24, 2.45) is 0 Å². The van der Waals surface area contributed by atoms with Gasteiger partial charge in [-0.1, -0.05) is 18.2 Å². The Bertz CT molecular complexity index is 757. The van der Waals surface area contributed by atoms with Gasteiger partial charge in [-0.05, 0) is 31.3 Å². The molecule has 1 aromatic carbocycles. The number of carbonyl (C=O) groups is 1. The zero-order valence-electron chi connectivity index (χ0n) is 13.9. The van der Waals surface area contributed by atoms with Crippen LogP contribution in [0.4, 0.5) is 5.69 Å². The van der Waals surface area contributed by atoms with Crippen molar-refractivity contribution in [3.8, 4) is 0 Å². The van der Waals surface area contributed by atoms with Crippen LogP contribution in [-0.2, 0) is 4.79 Å². The summed E-state index contributed by atoms with van der Waals surface area (Å²) >= 11 is 0. The minimum Gasteiger partial charge on any atom is -0.362 e. The van der Waals surface area contributed by atoms with Gasteiger partial charge in [-0.2, -0.15) is 0 Å². The molecule has 1 amide bonds. The Balaban J connectivity index is 1.63. The third kappa shape index (κ3) is 2.77. The molecule has 5 heteroatoms. The van der Waals surface area contributed by atoms with Crippen LogP contribution in [0.25, 0.3) is 11.6 Å². The Labute approximate surface area is 142 Å². The average Bonchev–Trinajstić information content (AvgIpc) is 3.20. The first-order chi connectivity index (χ1) is 11.7. The van der Waals surface area contributed by atoms with E-state index in [0.29, 0.717) is 6.67 Å². The van der Waals surface area contributed by atoms with Gasteiger partial charge in [-0.3, -0.25) is 14.6 Å². The van der Waals surface area contributed by atoms with Crippen LogP contribution < -0.4 is 4.90 Å². The normalized spacial score (nSPS) is 20.8. The summed E-state index contributed by atoms with van der Waals surface area (Å²) in [5.41, 5.74) is 3.75. The fourth-order valence-corrected chi connectivity index (χ4v) is 3.37. The summed E-state index contributed by atoms with van der Waals surface area (Å²) in [5, 5.41) is 0. The first-order valence-electron chi connectivity index (χ1n) is 8.39. The van der Waals surface area contributed by atoms with Gasteiger partial charge in [0.25, 0.3) is 5.91 Å². The summed E-state index contributed by atoms with van der Waals surface area (Å²) in [6, 6.07) is 12.0. The summed E-state index contributed by atoms with van der Waals surface area (Å²) in [6.07, 6.45) is 3.82. The molecule has 0 atom stereocenters. The summed E-state index contributed by atoms with van der Waals surface area (Å²) < 4.78 is 0. The quantitative estimate of drug-likeness (QED) is 0.880. The van der Waals surface area contributed by atoms with Crippen LogP contribution >= 0.6 is 0 Å². The van der Waals surface area contributed by atoms with Gasteiger partial charge in [-0.25, -0.2) is 0 Å². The monoisotopic (exact) mass is 322 g/mol. The van der Waals surface area contributed by atoms with Crippen molar-refractivity contribution >= 4 is 23.2 Å². The topological polar surface area (TPSA) is 42.6 Å². The number of hydrogen-bond acceptors (Lipinski definition) is 3. The van der Waals surface area contributed by atoms with E-state index in [1.54, 1.807) is 0 Å². The lowest BCUT2D eigenvalue weighted by Crippen LogP contribution is -2.49. The number of benzene rings is 1. The summed E-state index contributed by atoms with van der Waals surface area (Å²) in [4.78, 5) is 22.8. The van der Waals surface area contributed by atoms with E-state index in [4.69, 9.17) is 0 Å². The fourth-order valence-electron chi connectivity index (χ4n) is 3.37. The molecule has 0 spiro atoms. The Morgan fingerprint density at radius 2 is 1.88 bits per heavy atom. The van der Waals surface area contributed by atoms with Gasteiger partial charge in [-0.15, -0.1) is 0 Å². The second kappa shape index (κ2) is 6.26. The molecule has 24 heavy (non-hydrogen) atoms. The smallest absolute Gasteiger partial charge is 0.260 e. The van der Waals surface area contributed by atoms with Gasteiger partial charge in [0.1, 0.15) is 0 Å². The number of carbonyl (C=O) groups excluding carboxylic acids is 1. The van der Waals surface area contributed by atoms with Crippen LogP contribution in [-0.4, -0.2) is 60.6 Å². The second-order valence-corrected chi connectivity index (χ2v) is 6.50. The number of amides is 1. The number of aromatic amines is 1. The van der Waals surface area contributed by atoms with Crippen LogP contribution in [0.15, 0.2) is 42.6 Å². The fraction of sp³-hybridized carbons (Fsp3) is 0.316. The number of piperazine rings is 1. The first-order valence-corrected chi connectivity index (χ1v) is 8.39. The molecule has 0 unspecified atom stereocenters. The lowest BCUT2D eigenvalue weighted by Gasteiger charge is -2.34. The predicted octanol–water partition coefficient (Wildman–Crippen LogP) is 2.11. The number of hydrogen-bond donors (Lipinski definition) is 1. The molecular weight excluding hydrogens is 300 g/mol. The Morgan fingerprint density at radius 3 is 2.62 bits per heavy atom. The summed E-state index contributed by atoms with van der Waals surface area (Å²) in [6.45, 7) is 4.76. The predicted molar refractivity (Wildman–Crippen MR) is 96.5 cm³/mol. The van der Waals surface area contributed by atoms with E-state index >= 15 is 0 Å². The molecule has 0 aliphatic carbocycles. The van der Waals surface area contributed by atoms with Crippen molar-refractivity contribution in [3.63, 3.8) is 0 Å². The van der Waals surface area contributed by atoms with Crippen molar-refractivity contribution in [2.45, 2.75) is 0 Å². The highest BCUT2D eigenvalue weighted by atomic mass is 16.2. The third-order valence-corrected chi connectivity index (χ3v) is 4.82. The molecule has 4 rings (SSSR count). The highest BCUT2D eigenvalue weighted by Gasteiger charge is 2.33. The van der Waals surface area contributed by atoms with Crippen molar-refractivity contribution in [1.82, 2.24) is 14.8 Å².